The van der Waals surface area contributed by atoms with E-state index in [1.165, 1.54) is 0 Å². The molecule has 1 aromatic heterocycles. The summed E-state index contributed by atoms with van der Waals surface area (Å²) in [6.07, 6.45) is 1.28. The Morgan fingerprint density at radius 2 is 2.15 bits per heavy atom. The van der Waals surface area contributed by atoms with Gasteiger partial charge in [0.15, 0.2) is 0 Å². The first-order valence-corrected chi connectivity index (χ1v) is 7.31. The van der Waals surface area contributed by atoms with Crippen LogP contribution in [0.3, 0.4) is 0 Å². The van der Waals surface area contributed by atoms with Crippen LogP contribution in [0.1, 0.15) is 29.8 Å². The Morgan fingerprint density at radius 3 is 2.70 bits per heavy atom. The van der Waals surface area contributed by atoms with E-state index in [1.807, 2.05) is 44.3 Å². The van der Waals surface area contributed by atoms with E-state index >= 15 is 0 Å². The predicted octanol–water partition coefficient (Wildman–Crippen LogP) is 3.16. The standard InChI is InChI=1S/C15H17BrN2O2/c1-3-10-8-11(18(2)17-10)9-13(15(19)20)12-6-4-5-7-14(12)16/h4-8,13H,3,9H2,1-2H3,(H,19,20). The summed E-state index contributed by atoms with van der Waals surface area (Å²) in [6, 6.07) is 9.43. The number of hydrogen-bond acceptors (Lipinski definition) is 2. The van der Waals surface area contributed by atoms with Crippen molar-refractivity contribution in [1.29, 1.82) is 0 Å². The van der Waals surface area contributed by atoms with Gasteiger partial charge in [-0.15, -0.1) is 0 Å². The van der Waals surface area contributed by atoms with Crippen molar-refractivity contribution >= 4 is 21.9 Å². The molecule has 4 nitrogen and oxygen atoms in total. The van der Waals surface area contributed by atoms with E-state index in [1.54, 1.807) is 4.68 Å². The molecule has 0 bridgehead atoms. The molecular formula is C15H17BrN2O2. The molecule has 2 rings (SSSR count). The Morgan fingerprint density at radius 1 is 1.45 bits per heavy atom. The third kappa shape index (κ3) is 3.10. The van der Waals surface area contributed by atoms with Crippen molar-refractivity contribution in [1.82, 2.24) is 9.78 Å². The Hall–Kier alpha value is -1.62. The number of halogens is 1. The fourth-order valence-electron chi connectivity index (χ4n) is 2.23. The minimum Gasteiger partial charge on any atom is -0.481 e. The van der Waals surface area contributed by atoms with Crippen molar-refractivity contribution in [3.8, 4) is 0 Å². The predicted molar refractivity (Wildman–Crippen MR) is 80.8 cm³/mol. The monoisotopic (exact) mass is 336 g/mol. The first-order chi connectivity index (χ1) is 9.52. The van der Waals surface area contributed by atoms with Crippen molar-refractivity contribution < 1.29 is 9.90 Å². The first-order valence-electron chi connectivity index (χ1n) is 6.52. The number of aryl methyl sites for hydroxylation is 2. The normalized spacial score (nSPS) is 12.3. The van der Waals surface area contributed by atoms with Crippen LogP contribution in [0.2, 0.25) is 0 Å². The average molecular weight is 337 g/mol. The molecule has 0 saturated heterocycles. The molecular weight excluding hydrogens is 320 g/mol. The molecule has 0 fully saturated rings. The van der Waals surface area contributed by atoms with Gasteiger partial charge in [-0.3, -0.25) is 9.48 Å². The van der Waals surface area contributed by atoms with Crippen LogP contribution in [-0.2, 0) is 24.7 Å². The summed E-state index contributed by atoms with van der Waals surface area (Å²) in [5, 5.41) is 13.9. The first kappa shape index (κ1) is 14.8. The zero-order chi connectivity index (χ0) is 14.7. The molecule has 1 atom stereocenters. The number of nitrogens with zero attached hydrogens (tertiary/aromatic N) is 2. The van der Waals surface area contributed by atoms with Crippen LogP contribution in [0, 0.1) is 0 Å². The van der Waals surface area contributed by atoms with Crippen molar-refractivity contribution in [2.75, 3.05) is 0 Å². The van der Waals surface area contributed by atoms with E-state index in [4.69, 9.17) is 0 Å². The average Bonchev–Trinajstić information content (AvgIpc) is 2.77. The number of benzene rings is 1. The molecule has 0 amide bonds. The molecule has 1 aromatic carbocycles. The van der Waals surface area contributed by atoms with Crippen LogP contribution in [0.15, 0.2) is 34.8 Å². The van der Waals surface area contributed by atoms with Gasteiger partial charge in [0.2, 0.25) is 0 Å². The van der Waals surface area contributed by atoms with E-state index in [0.717, 1.165) is 27.8 Å². The minimum atomic E-state index is -0.823. The number of carboxylic acids is 1. The Bertz CT molecular complexity index is 622. The summed E-state index contributed by atoms with van der Waals surface area (Å²) in [6.45, 7) is 2.04. The Labute approximate surface area is 126 Å². The van der Waals surface area contributed by atoms with Crippen LogP contribution < -0.4 is 0 Å². The second-order valence-electron chi connectivity index (χ2n) is 4.72. The number of aliphatic carboxylic acids is 1. The van der Waals surface area contributed by atoms with E-state index in [9.17, 15) is 9.90 Å². The fraction of sp³-hybridized carbons (Fsp3) is 0.333. The molecule has 1 unspecified atom stereocenters. The van der Waals surface area contributed by atoms with Crippen molar-refractivity contribution in [2.24, 2.45) is 7.05 Å². The lowest BCUT2D eigenvalue weighted by atomic mass is 9.94. The summed E-state index contributed by atoms with van der Waals surface area (Å²) in [5.41, 5.74) is 2.71. The fourth-order valence-corrected chi connectivity index (χ4v) is 2.79. The Kier molecular flexibility index (Phi) is 4.60. The summed E-state index contributed by atoms with van der Waals surface area (Å²) in [7, 11) is 1.85. The zero-order valence-corrected chi connectivity index (χ0v) is 13.1. The van der Waals surface area contributed by atoms with Crippen molar-refractivity contribution in [2.45, 2.75) is 25.7 Å². The van der Waals surface area contributed by atoms with Gasteiger partial charge in [-0.05, 0) is 24.1 Å². The smallest absolute Gasteiger partial charge is 0.311 e. The second kappa shape index (κ2) is 6.22. The highest BCUT2D eigenvalue weighted by atomic mass is 79.9. The lowest BCUT2D eigenvalue weighted by Crippen LogP contribution is -2.16. The van der Waals surface area contributed by atoms with E-state index < -0.39 is 11.9 Å². The minimum absolute atomic E-state index is 0.432. The van der Waals surface area contributed by atoms with E-state index in [-0.39, 0.29) is 0 Å². The number of carboxylic acid groups (broad SMARTS) is 1. The van der Waals surface area contributed by atoms with Crippen LogP contribution in [0.5, 0.6) is 0 Å². The molecule has 0 aliphatic carbocycles. The summed E-state index contributed by atoms with van der Waals surface area (Å²) in [5.74, 6) is -1.40. The number of hydrogen-bond donors (Lipinski definition) is 1. The lowest BCUT2D eigenvalue weighted by molar-refractivity contribution is -0.138. The third-order valence-corrected chi connectivity index (χ3v) is 4.10. The van der Waals surface area contributed by atoms with Gasteiger partial charge in [-0.1, -0.05) is 41.1 Å². The van der Waals surface area contributed by atoms with Crippen LogP contribution in [-0.4, -0.2) is 20.9 Å². The molecule has 0 aliphatic rings. The third-order valence-electron chi connectivity index (χ3n) is 3.38. The van der Waals surface area contributed by atoms with Gasteiger partial charge in [0.25, 0.3) is 0 Å². The van der Waals surface area contributed by atoms with Crippen molar-refractivity contribution in [3.05, 3.63) is 51.8 Å². The maximum absolute atomic E-state index is 11.6. The molecule has 0 spiro atoms. The Balaban J connectivity index is 2.33. The summed E-state index contributed by atoms with van der Waals surface area (Å²) in [4.78, 5) is 11.6. The molecule has 106 valence electrons. The van der Waals surface area contributed by atoms with Gasteiger partial charge in [-0.2, -0.15) is 5.10 Å². The van der Waals surface area contributed by atoms with Crippen molar-refractivity contribution in [3.63, 3.8) is 0 Å². The maximum Gasteiger partial charge on any atom is 0.311 e. The molecule has 20 heavy (non-hydrogen) atoms. The molecule has 0 radical (unpaired) electrons. The van der Waals surface area contributed by atoms with Gasteiger partial charge in [-0.25, -0.2) is 0 Å². The molecule has 2 aromatic rings. The number of carbonyl (C=O) groups is 1. The topological polar surface area (TPSA) is 55.1 Å². The zero-order valence-electron chi connectivity index (χ0n) is 11.5. The molecule has 0 saturated carbocycles. The number of aromatic nitrogens is 2. The molecule has 1 N–H and O–H groups in total. The second-order valence-corrected chi connectivity index (χ2v) is 5.57. The van der Waals surface area contributed by atoms with Crippen LogP contribution in [0.4, 0.5) is 0 Å². The highest BCUT2D eigenvalue weighted by Gasteiger charge is 2.24. The highest BCUT2D eigenvalue weighted by Crippen LogP contribution is 2.28. The highest BCUT2D eigenvalue weighted by molar-refractivity contribution is 9.10. The maximum atomic E-state index is 11.6. The van der Waals surface area contributed by atoms with Gasteiger partial charge < -0.3 is 5.11 Å². The van der Waals surface area contributed by atoms with Crippen LogP contribution in [0.25, 0.3) is 0 Å². The van der Waals surface area contributed by atoms with Crippen LogP contribution >= 0.6 is 15.9 Å². The SMILES string of the molecule is CCc1cc(CC(C(=O)O)c2ccccc2Br)n(C)n1. The summed E-state index contributed by atoms with van der Waals surface area (Å²) >= 11 is 3.43. The molecule has 0 aliphatic heterocycles. The molecule has 5 heteroatoms. The quantitative estimate of drug-likeness (QED) is 0.912. The summed E-state index contributed by atoms with van der Waals surface area (Å²) < 4.78 is 2.59. The van der Waals surface area contributed by atoms with Gasteiger partial charge in [0.05, 0.1) is 11.6 Å². The molecule has 1 heterocycles. The van der Waals surface area contributed by atoms with E-state index in [2.05, 4.69) is 21.0 Å². The van der Waals surface area contributed by atoms with E-state index in [0.29, 0.717) is 6.42 Å². The van der Waals surface area contributed by atoms with Gasteiger partial charge >= 0.3 is 5.97 Å². The van der Waals surface area contributed by atoms with Gasteiger partial charge in [0.1, 0.15) is 0 Å². The largest absolute Gasteiger partial charge is 0.481 e. The van der Waals surface area contributed by atoms with Gasteiger partial charge in [0, 0.05) is 23.6 Å². The number of rotatable bonds is 5. The lowest BCUT2D eigenvalue weighted by Gasteiger charge is -2.14.